The quantitative estimate of drug-likeness (QED) is 0.634. The van der Waals surface area contributed by atoms with E-state index in [-0.39, 0.29) is 22.6 Å². The van der Waals surface area contributed by atoms with E-state index in [0.29, 0.717) is 0 Å². The van der Waals surface area contributed by atoms with E-state index >= 15 is 0 Å². The third-order valence-corrected chi connectivity index (χ3v) is 2.58. The van der Waals surface area contributed by atoms with Gasteiger partial charge in [-0.05, 0) is 12.1 Å². The van der Waals surface area contributed by atoms with Crippen LogP contribution in [0.5, 0.6) is 5.75 Å². The zero-order chi connectivity index (χ0) is 15.3. The van der Waals surface area contributed by atoms with Gasteiger partial charge < -0.3 is 9.47 Å². The number of esters is 1. The number of halogens is 4. The number of carbonyl (C=O) groups is 1. The van der Waals surface area contributed by atoms with Crippen LogP contribution in [0.1, 0.15) is 16.7 Å². The predicted molar refractivity (Wildman–Crippen MR) is 63.1 cm³/mol. The van der Waals surface area contributed by atoms with Crippen molar-refractivity contribution in [1.29, 1.82) is 5.26 Å². The molecule has 0 saturated carbocycles. The fraction of sp³-hybridized carbons (Fsp3) is 0.333. The second-order valence-electron chi connectivity index (χ2n) is 3.67. The Bertz CT molecular complexity index is 552. The summed E-state index contributed by atoms with van der Waals surface area (Å²) < 4.78 is 45.5. The van der Waals surface area contributed by atoms with E-state index in [9.17, 15) is 18.0 Å². The fourth-order valence-corrected chi connectivity index (χ4v) is 1.72. The first-order valence-corrected chi connectivity index (χ1v) is 5.78. The normalized spacial score (nSPS) is 10.8. The highest BCUT2D eigenvalue weighted by atomic mass is 35.5. The molecule has 1 aromatic rings. The van der Waals surface area contributed by atoms with E-state index in [4.69, 9.17) is 16.9 Å². The van der Waals surface area contributed by atoms with E-state index in [1.807, 2.05) is 0 Å². The second-order valence-corrected chi connectivity index (χ2v) is 3.94. The van der Waals surface area contributed by atoms with Crippen molar-refractivity contribution in [2.75, 3.05) is 7.11 Å². The fourth-order valence-electron chi connectivity index (χ4n) is 1.52. The highest BCUT2D eigenvalue weighted by Crippen LogP contribution is 2.33. The Labute approximate surface area is 117 Å². The SMILES string of the molecule is COC(=O)Cc1cc(C#N)cc(CCl)c1OC(F)(F)F. The van der Waals surface area contributed by atoms with Crippen LogP contribution in [0.15, 0.2) is 12.1 Å². The number of ether oxygens (including phenoxy) is 2. The minimum Gasteiger partial charge on any atom is -0.469 e. The van der Waals surface area contributed by atoms with Crippen LogP contribution in [0.3, 0.4) is 0 Å². The first-order chi connectivity index (χ1) is 9.30. The molecule has 0 aliphatic heterocycles. The summed E-state index contributed by atoms with van der Waals surface area (Å²) in [6, 6.07) is 4.08. The van der Waals surface area contributed by atoms with Gasteiger partial charge in [-0.15, -0.1) is 24.8 Å². The molecular formula is C12H9ClF3NO3. The van der Waals surface area contributed by atoms with E-state index in [0.717, 1.165) is 13.2 Å². The zero-order valence-electron chi connectivity index (χ0n) is 10.3. The van der Waals surface area contributed by atoms with Gasteiger partial charge in [0, 0.05) is 11.1 Å². The molecular weight excluding hydrogens is 299 g/mol. The van der Waals surface area contributed by atoms with Crippen LogP contribution in [0.4, 0.5) is 13.2 Å². The number of alkyl halides is 4. The Morgan fingerprint density at radius 3 is 2.45 bits per heavy atom. The molecule has 20 heavy (non-hydrogen) atoms. The Balaban J connectivity index is 3.35. The molecule has 0 radical (unpaired) electrons. The average molecular weight is 308 g/mol. The van der Waals surface area contributed by atoms with Crippen molar-refractivity contribution in [2.45, 2.75) is 18.7 Å². The summed E-state index contributed by atoms with van der Waals surface area (Å²) in [7, 11) is 1.10. The number of hydrogen-bond donors (Lipinski definition) is 0. The zero-order valence-corrected chi connectivity index (χ0v) is 11.0. The molecule has 0 aliphatic rings. The van der Waals surface area contributed by atoms with E-state index in [2.05, 4.69) is 9.47 Å². The topological polar surface area (TPSA) is 59.3 Å². The number of rotatable bonds is 4. The molecule has 1 aromatic carbocycles. The van der Waals surface area contributed by atoms with Gasteiger partial charge in [-0.3, -0.25) is 4.79 Å². The van der Waals surface area contributed by atoms with Gasteiger partial charge in [0.2, 0.25) is 0 Å². The number of hydrogen-bond acceptors (Lipinski definition) is 4. The van der Waals surface area contributed by atoms with E-state index < -0.39 is 24.5 Å². The van der Waals surface area contributed by atoms with Gasteiger partial charge >= 0.3 is 12.3 Å². The van der Waals surface area contributed by atoms with Gasteiger partial charge in [0.05, 0.1) is 31.0 Å². The number of nitrogens with zero attached hydrogens (tertiary/aromatic N) is 1. The van der Waals surface area contributed by atoms with Crippen LogP contribution < -0.4 is 4.74 Å². The molecule has 0 fully saturated rings. The van der Waals surface area contributed by atoms with Gasteiger partial charge in [0.25, 0.3) is 0 Å². The summed E-state index contributed by atoms with van der Waals surface area (Å²) in [5, 5.41) is 8.82. The van der Waals surface area contributed by atoms with Crippen molar-refractivity contribution < 1.29 is 27.4 Å². The van der Waals surface area contributed by atoms with Crippen molar-refractivity contribution in [3.63, 3.8) is 0 Å². The highest BCUT2D eigenvalue weighted by Gasteiger charge is 2.33. The van der Waals surface area contributed by atoms with Crippen LogP contribution in [-0.2, 0) is 21.8 Å². The standard InChI is InChI=1S/C12H9ClF3NO3/c1-19-10(18)4-8-2-7(6-17)3-9(5-13)11(8)20-12(14,15)16/h2-3H,4-5H2,1H3. The van der Waals surface area contributed by atoms with Gasteiger partial charge in [-0.2, -0.15) is 5.26 Å². The second kappa shape index (κ2) is 6.48. The third-order valence-electron chi connectivity index (χ3n) is 2.30. The summed E-state index contributed by atoms with van der Waals surface area (Å²) >= 11 is 5.56. The minimum absolute atomic E-state index is 0.0260. The molecule has 0 unspecified atom stereocenters. The Hall–Kier alpha value is -1.94. The maximum absolute atomic E-state index is 12.4. The monoisotopic (exact) mass is 307 g/mol. The summed E-state index contributed by atoms with van der Waals surface area (Å²) in [6.45, 7) is 0. The van der Waals surface area contributed by atoms with Crippen LogP contribution in [0.2, 0.25) is 0 Å². The van der Waals surface area contributed by atoms with Gasteiger partial charge in [-0.25, -0.2) is 0 Å². The summed E-state index contributed by atoms with van der Waals surface area (Å²) in [6.07, 6.45) is -5.39. The number of benzene rings is 1. The lowest BCUT2D eigenvalue weighted by Gasteiger charge is -2.16. The van der Waals surface area contributed by atoms with Crippen LogP contribution >= 0.6 is 11.6 Å². The molecule has 108 valence electrons. The molecule has 1 rings (SSSR count). The molecule has 0 amide bonds. The minimum atomic E-state index is -4.93. The molecule has 0 aliphatic carbocycles. The first kappa shape index (κ1) is 16.1. The van der Waals surface area contributed by atoms with Crippen molar-refractivity contribution in [1.82, 2.24) is 0 Å². The van der Waals surface area contributed by atoms with Crippen LogP contribution in [0.25, 0.3) is 0 Å². The van der Waals surface area contributed by atoms with Gasteiger partial charge in [0.1, 0.15) is 5.75 Å². The summed E-state index contributed by atoms with van der Waals surface area (Å²) in [5.41, 5.74) is -0.0557. The highest BCUT2D eigenvalue weighted by molar-refractivity contribution is 6.17. The smallest absolute Gasteiger partial charge is 0.469 e. The molecule has 8 heteroatoms. The third kappa shape index (κ3) is 4.31. The van der Waals surface area contributed by atoms with Crippen molar-refractivity contribution >= 4 is 17.6 Å². The number of methoxy groups -OCH3 is 1. The maximum atomic E-state index is 12.4. The average Bonchev–Trinajstić information content (AvgIpc) is 2.38. The lowest BCUT2D eigenvalue weighted by Crippen LogP contribution is -2.20. The summed E-state index contributed by atoms with van der Waals surface area (Å²) in [5.74, 6) is -1.63. The van der Waals surface area contributed by atoms with E-state index in [1.54, 1.807) is 6.07 Å². The largest absolute Gasteiger partial charge is 0.573 e. The molecule has 0 spiro atoms. The maximum Gasteiger partial charge on any atom is 0.573 e. The molecule has 0 saturated heterocycles. The Morgan fingerprint density at radius 1 is 1.40 bits per heavy atom. The predicted octanol–water partition coefficient (Wildman–Crippen LogP) is 2.91. The molecule has 4 nitrogen and oxygen atoms in total. The first-order valence-electron chi connectivity index (χ1n) is 5.25. The van der Waals surface area contributed by atoms with Crippen molar-refractivity contribution in [2.24, 2.45) is 0 Å². The lowest BCUT2D eigenvalue weighted by molar-refractivity contribution is -0.275. The Kier molecular flexibility index (Phi) is 5.22. The summed E-state index contributed by atoms with van der Waals surface area (Å²) in [4.78, 5) is 11.2. The van der Waals surface area contributed by atoms with Crippen LogP contribution in [0, 0.1) is 11.3 Å². The van der Waals surface area contributed by atoms with Crippen molar-refractivity contribution in [3.8, 4) is 11.8 Å². The molecule has 0 aromatic heterocycles. The molecule has 0 atom stereocenters. The van der Waals surface area contributed by atoms with Gasteiger partial charge in [-0.1, -0.05) is 0 Å². The number of nitriles is 1. The molecule has 0 heterocycles. The van der Waals surface area contributed by atoms with Crippen LogP contribution in [-0.4, -0.2) is 19.4 Å². The molecule has 0 N–H and O–H groups in total. The van der Waals surface area contributed by atoms with Crippen molar-refractivity contribution in [3.05, 3.63) is 28.8 Å². The number of carbonyl (C=O) groups excluding carboxylic acids is 1. The molecule has 0 bridgehead atoms. The lowest BCUT2D eigenvalue weighted by atomic mass is 10.0. The Morgan fingerprint density at radius 2 is 2.00 bits per heavy atom. The van der Waals surface area contributed by atoms with Gasteiger partial charge in [0.15, 0.2) is 0 Å². The van der Waals surface area contributed by atoms with E-state index in [1.165, 1.54) is 6.07 Å².